The minimum Gasteiger partial charge on any atom is -0.492 e. The van der Waals surface area contributed by atoms with Gasteiger partial charge < -0.3 is 10.1 Å². The summed E-state index contributed by atoms with van der Waals surface area (Å²) in [7, 11) is 0. The third-order valence-electron chi connectivity index (χ3n) is 3.10. The molecular formula is C15H18ClNO. The highest BCUT2D eigenvalue weighted by atomic mass is 35.5. The molecule has 0 spiro atoms. The number of hydrogen-bond acceptors (Lipinski definition) is 2. The van der Waals surface area contributed by atoms with E-state index in [1.807, 2.05) is 6.07 Å². The number of benzene rings is 2. The van der Waals surface area contributed by atoms with E-state index < -0.39 is 0 Å². The van der Waals surface area contributed by atoms with Crippen molar-refractivity contribution in [2.75, 3.05) is 13.2 Å². The molecule has 0 bridgehead atoms. The van der Waals surface area contributed by atoms with Crippen LogP contribution in [0.15, 0.2) is 42.5 Å². The second kappa shape index (κ2) is 6.07. The molecule has 0 heterocycles. The molecule has 1 saturated carbocycles. The minimum atomic E-state index is 0. The van der Waals surface area contributed by atoms with Crippen LogP contribution in [0.25, 0.3) is 10.8 Å². The second-order valence-electron chi connectivity index (χ2n) is 4.59. The summed E-state index contributed by atoms with van der Waals surface area (Å²) in [5, 5.41) is 5.94. The smallest absolute Gasteiger partial charge is 0.120 e. The Morgan fingerprint density at radius 2 is 1.83 bits per heavy atom. The summed E-state index contributed by atoms with van der Waals surface area (Å²) in [4.78, 5) is 0. The first-order valence-electron chi connectivity index (χ1n) is 6.27. The molecule has 0 radical (unpaired) electrons. The average molecular weight is 264 g/mol. The Morgan fingerprint density at radius 3 is 2.61 bits per heavy atom. The first-order chi connectivity index (χ1) is 8.42. The predicted octanol–water partition coefficient (Wildman–Crippen LogP) is 3.39. The summed E-state index contributed by atoms with van der Waals surface area (Å²) in [5.41, 5.74) is 0. The minimum absolute atomic E-state index is 0. The number of fused-ring (bicyclic) bond motifs is 1. The molecule has 0 aromatic heterocycles. The van der Waals surface area contributed by atoms with Crippen LogP contribution < -0.4 is 10.1 Å². The van der Waals surface area contributed by atoms with Gasteiger partial charge in [0.2, 0.25) is 0 Å². The monoisotopic (exact) mass is 263 g/mol. The molecule has 96 valence electrons. The largest absolute Gasteiger partial charge is 0.492 e. The van der Waals surface area contributed by atoms with Crippen LogP contribution in [0.4, 0.5) is 0 Å². The first kappa shape index (κ1) is 13.2. The van der Waals surface area contributed by atoms with E-state index in [0.29, 0.717) is 0 Å². The Bertz CT molecular complexity index is 511. The molecule has 1 N–H and O–H groups in total. The zero-order valence-corrected chi connectivity index (χ0v) is 11.1. The van der Waals surface area contributed by atoms with Crippen molar-refractivity contribution in [3.63, 3.8) is 0 Å². The quantitative estimate of drug-likeness (QED) is 0.835. The fraction of sp³-hybridized carbons (Fsp3) is 0.333. The van der Waals surface area contributed by atoms with Crippen molar-refractivity contribution in [3.05, 3.63) is 42.5 Å². The zero-order valence-electron chi connectivity index (χ0n) is 10.3. The zero-order chi connectivity index (χ0) is 11.5. The lowest BCUT2D eigenvalue weighted by atomic mass is 10.1. The van der Waals surface area contributed by atoms with Crippen molar-refractivity contribution in [2.24, 2.45) is 0 Å². The van der Waals surface area contributed by atoms with E-state index >= 15 is 0 Å². The molecule has 1 fully saturated rings. The van der Waals surface area contributed by atoms with Crippen LogP contribution in [0.3, 0.4) is 0 Å². The van der Waals surface area contributed by atoms with Crippen molar-refractivity contribution in [1.82, 2.24) is 5.32 Å². The molecule has 0 unspecified atom stereocenters. The Hall–Kier alpha value is -1.25. The van der Waals surface area contributed by atoms with Crippen LogP contribution in [0, 0.1) is 0 Å². The third kappa shape index (κ3) is 3.37. The summed E-state index contributed by atoms with van der Waals surface area (Å²) in [5.74, 6) is 0.960. The third-order valence-corrected chi connectivity index (χ3v) is 3.10. The lowest BCUT2D eigenvalue weighted by molar-refractivity contribution is 0.314. The molecule has 2 aromatic rings. The fourth-order valence-electron chi connectivity index (χ4n) is 1.98. The van der Waals surface area contributed by atoms with E-state index in [0.717, 1.165) is 24.9 Å². The van der Waals surface area contributed by atoms with Crippen molar-refractivity contribution < 1.29 is 4.74 Å². The molecular weight excluding hydrogens is 246 g/mol. The van der Waals surface area contributed by atoms with Gasteiger partial charge in [-0.25, -0.2) is 0 Å². The Balaban J connectivity index is 0.00000120. The van der Waals surface area contributed by atoms with Crippen molar-refractivity contribution in [1.29, 1.82) is 0 Å². The second-order valence-corrected chi connectivity index (χ2v) is 4.59. The predicted molar refractivity (Wildman–Crippen MR) is 77.7 cm³/mol. The maximum Gasteiger partial charge on any atom is 0.120 e. The summed E-state index contributed by atoms with van der Waals surface area (Å²) >= 11 is 0. The van der Waals surface area contributed by atoms with Crippen molar-refractivity contribution in [2.45, 2.75) is 18.9 Å². The number of ether oxygens (including phenoxy) is 1. The maximum atomic E-state index is 5.73. The molecule has 3 heteroatoms. The summed E-state index contributed by atoms with van der Waals surface area (Å²) in [6.45, 7) is 1.69. The average Bonchev–Trinajstić information content (AvgIpc) is 3.18. The van der Waals surface area contributed by atoms with E-state index in [2.05, 4.69) is 41.7 Å². The lowest BCUT2D eigenvalue weighted by Crippen LogP contribution is -2.22. The van der Waals surface area contributed by atoms with Gasteiger partial charge in [0, 0.05) is 12.6 Å². The molecule has 1 aliphatic rings. The molecule has 0 atom stereocenters. The number of rotatable bonds is 5. The van der Waals surface area contributed by atoms with Gasteiger partial charge in [-0.1, -0.05) is 30.3 Å². The van der Waals surface area contributed by atoms with Crippen LogP contribution in [-0.4, -0.2) is 19.2 Å². The van der Waals surface area contributed by atoms with Gasteiger partial charge in [-0.05, 0) is 35.7 Å². The summed E-state index contributed by atoms with van der Waals surface area (Å²) in [6.07, 6.45) is 2.66. The standard InChI is InChI=1S/C15H17NO.ClH/c1-2-4-13-11-15(8-5-12(13)3-1)17-10-9-16-14-6-7-14;/h1-5,8,11,14,16H,6-7,9-10H2;1H. The molecule has 0 aliphatic heterocycles. The van der Waals surface area contributed by atoms with Crippen LogP contribution in [-0.2, 0) is 0 Å². The normalized spacial score (nSPS) is 14.2. The van der Waals surface area contributed by atoms with Crippen LogP contribution >= 0.6 is 12.4 Å². The molecule has 2 aromatic carbocycles. The van der Waals surface area contributed by atoms with Gasteiger partial charge in [0.25, 0.3) is 0 Å². The molecule has 1 aliphatic carbocycles. The molecule has 2 nitrogen and oxygen atoms in total. The van der Waals surface area contributed by atoms with Crippen LogP contribution in [0.5, 0.6) is 5.75 Å². The van der Waals surface area contributed by atoms with Gasteiger partial charge in [0.05, 0.1) is 0 Å². The van der Waals surface area contributed by atoms with Gasteiger partial charge >= 0.3 is 0 Å². The van der Waals surface area contributed by atoms with Gasteiger partial charge in [0.15, 0.2) is 0 Å². The first-order valence-corrected chi connectivity index (χ1v) is 6.27. The summed E-state index contributed by atoms with van der Waals surface area (Å²) in [6, 6.07) is 15.4. The van der Waals surface area contributed by atoms with E-state index in [1.54, 1.807) is 0 Å². The van der Waals surface area contributed by atoms with Crippen LogP contribution in [0.2, 0.25) is 0 Å². The van der Waals surface area contributed by atoms with Gasteiger partial charge in [-0.15, -0.1) is 12.4 Å². The van der Waals surface area contributed by atoms with Gasteiger partial charge in [-0.2, -0.15) is 0 Å². The van der Waals surface area contributed by atoms with Crippen molar-refractivity contribution in [3.8, 4) is 5.75 Å². The van der Waals surface area contributed by atoms with E-state index in [9.17, 15) is 0 Å². The Morgan fingerprint density at radius 1 is 1.06 bits per heavy atom. The van der Waals surface area contributed by atoms with Gasteiger partial charge in [-0.3, -0.25) is 0 Å². The Labute approximate surface area is 114 Å². The fourth-order valence-corrected chi connectivity index (χ4v) is 1.98. The topological polar surface area (TPSA) is 21.3 Å². The molecule has 0 saturated heterocycles. The summed E-state index contributed by atoms with van der Waals surface area (Å²) < 4.78 is 5.73. The lowest BCUT2D eigenvalue weighted by Gasteiger charge is -2.07. The number of hydrogen-bond donors (Lipinski definition) is 1. The van der Waals surface area contributed by atoms with Crippen molar-refractivity contribution >= 4 is 23.2 Å². The Kier molecular flexibility index (Phi) is 4.45. The van der Waals surface area contributed by atoms with E-state index in [-0.39, 0.29) is 12.4 Å². The van der Waals surface area contributed by atoms with E-state index in [4.69, 9.17) is 4.74 Å². The van der Waals surface area contributed by atoms with E-state index in [1.165, 1.54) is 23.6 Å². The molecule has 0 amide bonds. The highest BCUT2D eigenvalue weighted by Gasteiger charge is 2.19. The highest BCUT2D eigenvalue weighted by Crippen LogP contribution is 2.21. The molecule has 3 rings (SSSR count). The van der Waals surface area contributed by atoms with Gasteiger partial charge in [0.1, 0.15) is 12.4 Å². The molecule has 18 heavy (non-hydrogen) atoms. The highest BCUT2D eigenvalue weighted by molar-refractivity contribution is 5.85. The SMILES string of the molecule is Cl.c1ccc2cc(OCCNC3CC3)ccc2c1. The van der Waals surface area contributed by atoms with Crippen LogP contribution in [0.1, 0.15) is 12.8 Å². The maximum absolute atomic E-state index is 5.73. The number of nitrogens with one attached hydrogen (secondary N) is 1. The number of halogens is 1.